The van der Waals surface area contributed by atoms with E-state index in [1.165, 1.54) is 0 Å². The molecule has 2 aromatic rings. The molecule has 2 N–H and O–H groups in total. The number of ether oxygens (including phenoxy) is 2. The minimum atomic E-state index is 0.516. The van der Waals surface area contributed by atoms with Crippen LogP contribution in [0, 0.1) is 0 Å². The van der Waals surface area contributed by atoms with Crippen molar-refractivity contribution < 1.29 is 9.47 Å². The van der Waals surface area contributed by atoms with E-state index in [-0.39, 0.29) is 0 Å². The summed E-state index contributed by atoms with van der Waals surface area (Å²) in [5.41, 5.74) is 7.24. The van der Waals surface area contributed by atoms with E-state index in [2.05, 4.69) is 19.8 Å². The molecular weight excluding hydrogens is 350 g/mol. The third-order valence-corrected chi connectivity index (χ3v) is 5.08. The SMILES string of the molecule is CCOc1cc(CN=C(N)N2CCN(c3nccs3)CC2)ccc1OC. The molecule has 0 spiro atoms. The van der Waals surface area contributed by atoms with Gasteiger partial charge in [-0.15, -0.1) is 11.3 Å². The van der Waals surface area contributed by atoms with E-state index in [9.17, 15) is 0 Å². The molecule has 1 aromatic heterocycles. The van der Waals surface area contributed by atoms with Crippen LogP contribution in [0.4, 0.5) is 5.13 Å². The van der Waals surface area contributed by atoms with Gasteiger partial charge in [0.2, 0.25) is 0 Å². The monoisotopic (exact) mass is 375 g/mol. The van der Waals surface area contributed by atoms with Crippen molar-refractivity contribution in [2.75, 3.05) is 44.8 Å². The quantitative estimate of drug-likeness (QED) is 0.616. The van der Waals surface area contributed by atoms with Crippen molar-refractivity contribution >= 4 is 22.4 Å². The molecule has 0 aliphatic carbocycles. The number of methoxy groups -OCH3 is 1. The van der Waals surface area contributed by atoms with E-state index < -0.39 is 0 Å². The van der Waals surface area contributed by atoms with Crippen molar-refractivity contribution in [1.82, 2.24) is 9.88 Å². The highest BCUT2D eigenvalue weighted by Gasteiger charge is 2.19. The van der Waals surface area contributed by atoms with E-state index in [1.54, 1.807) is 18.4 Å². The zero-order chi connectivity index (χ0) is 18.4. The highest BCUT2D eigenvalue weighted by atomic mass is 32.1. The second-order valence-electron chi connectivity index (χ2n) is 5.88. The molecule has 1 fully saturated rings. The van der Waals surface area contributed by atoms with Gasteiger partial charge in [-0.3, -0.25) is 0 Å². The van der Waals surface area contributed by atoms with E-state index in [0.29, 0.717) is 19.1 Å². The lowest BCUT2D eigenvalue weighted by atomic mass is 10.2. The second kappa shape index (κ2) is 8.75. The molecule has 1 aliphatic heterocycles. The second-order valence-corrected chi connectivity index (χ2v) is 6.75. The normalized spacial score (nSPS) is 15.2. The van der Waals surface area contributed by atoms with Crippen LogP contribution in [0.2, 0.25) is 0 Å². The van der Waals surface area contributed by atoms with Gasteiger partial charge in [-0.25, -0.2) is 9.98 Å². The maximum atomic E-state index is 6.20. The number of guanidine groups is 1. The van der Waals surface area contributed by atoms with Gasteiger partial charge in [-0.1, -0.05) is 6.07 Å². The molecule has 0 radical (unpaired) electrons. The van der Waals surface area contributed by atoms with Crippen LogP contribution in [-0.4, -0.2) is 55.7 Å². The van der Waals surface area contributed by atoms with E-state index in [1.807, 2.05) is 36.7 Å². The van der Waals surface area contributed by atoms with Crippen molar-refractivity contribution in [3.05, 3.63) is 35.3 Å². The van der Waals surface area contributed by atoms with Gasteiger partial charge in [0, 0.05) is 37.8 Å². The van der Waals surface area contributed by atoms with Gasteiger partial charge in [0.1, 0.15) is 0 Å². The third kappa shape index (κ3) is 4.37. The van der Waals surface area contributed by atoms with Gasteiger partial charge < -0.3 is 25.0 Å². The zero-order valence-corrected chi connectivity index (χ0v) is 16.0. The zero-order valence-electron chi connectivity index (χ0n) is 15.2. The molecule has 1 saturated heterocycles. The fraction of sp³-hybridized carbons (Fsp3) is 0.444. The van der Waals surface area contributed by atoms with Crippen molar-refractivity contribution in [3.63, 3.8) is 0 Å². The molecule has 7 nitrogen and oxygen atoms in total. The molecule has 0 bridgehead atoms. The van der Waals surface area contributed by atoms with Crippen LogP contribution in [-0.2, 0) is 6.54 Å². The summed E-state index contributed by atoms with van der Waals surface area (Å²) in [6.07, 6.45) is 1.84. The summed E-state index contributed by atoms with van der Waals surface area (Å²) >= 11 is 1.67. The Kier molecular flexibility index (Phi) is 6.17. The summed E-state index contributed by atoms with van der Waals surface area (Å²) in [6, 6.07) is 5.84. The Bertz CT molecular complexity index is 727. The number of aliphatic imine (C=N–C) groups is 1. The van der Waals surface area contributed by atoms with Crippen molar-refractivity contribution in [2.24, 2.45) is 10.7 Å². The maximum absolute atomic E-state index is 6.20. The van der Waals surface area contributed by atoms with Crippen LogP contribution in [0.25, 0.3) is 0 Å². The Morgan fingerprint density at radius 1 is 1.27 bits per heavy atom. The van der Waals surface area contributed by atoms with Crippen LogP contribution in [0.5, 0.6) is 11.5 Å². The number of thiazole rings is 1. The number of hydrogen-bond donors (Lipinski definition) is 1. The first-order chi connectivity index (χ1) is 12.7. The van der Waals surface area contributed by atoms with Crippen LogP contribution in [0.3, 0.4) is 0 Å². The lowest BCUT2D eigenvalue weighted by Crippen LogP contribution is -2.51. The largest absolute Gasteiger partial charge is 0.493 e. The van der Waals surface area contributed by atoms with Crippen LogP contribution < -0.4 is 20.1 Å². The number of benzene rings is 1. The molecule has 140 valence electrons. The van der Waals surface area contributed by atoms with Gasteiger partial charge in [0.15, 0.2) is 22.6 Å². The van der Waals surface area contributed by atoms with Crippen molar-refractivity contribution in [1.29, 1.82) is 0 Å². The number of aromatic nitrogens is 1. The molecule has 0 unspecified atom stereocenters. The first-order valence-corrected chi connectivity index (χ1v) is 9.58. The fourth-order valence-corrected chi connectivity index (χ4v) is 3.56. The Morgan fingerprint density at radius 2 is 2.08 bits per heavy atom. The summed E-state index contributed by atoms with van der Waals surface area (Å²) < 4.78 is 10.9. The number of hydrogen-bond acceptors (Lipinski definition) is 6. The maximum Gasteiger partial charge on any atom is 0.191 e. The Balaban J connectivity index is 1.58. The minimum absolute atomic E-state index is 0.516. The lowest BCUT2D eigenvalue weighted by molar-refractivity contribution is 0.310. The number of piperazine rings is 1. The van der Waals surface area contributed by atoms with Gasteiger partial charge in [-0.2, -0.15) is 0 Å². The molecule has 0 amide bonds. The van der Waals surface area contributed by atoms with Gasteiger partial charge in [-0.05, 0) is 24.6 Å². The topological polar surface area (TPSA) is 76.2 Å². The summed E-state index contributed by atoms with van der Waals surface area (Å²) in [5, 5.41) is 3.07. The molecular formula is C18H25N5O2S. The lowest BCUT2D eigenvalue weighted by Gasteiger charge is -2.35. The minimum Gasteiger partial charge on any atom is -0.493 e. The molecule has 1 aliphatic rings. The van der Waals surface area contributed by atoms with Gasteiger partial charge in [0.25, 0.3) is 0 Å². The first-order valence-electron chi connectivity index (χ1n) is 8.70. The van der Waals surface area contributed by atoms with Gasteiger partial charge >= 0.3 is 0 Å². The molecule has 0 atom stereocenters. The van der Waals surface area contributed by atoms with E-state index in [4.69, 9.17) is 15.2 Å². The van der Waals surface area contributed by atoms with Crippen LogP contribution in [0.1, 0.15) is 12.5 Å². The highest BCUT2D eigenvalue weighted by Crippen LogP contribution is 2.28. The number of rotatable bonds is 6. The van der Waals surface area contributed by atoms with Gasteiger partial charge in [0.05, 0.1) is 20.3 Å². The highest BCUT2D eigenvalue weighted by molar-refractivity contribution is 7.13. The Morgan fingerprint density at radius 3 is 2.73 bits per heavy atom. The smallest absolute Gasteiger partial charge is 0.191 e. The molecule has 26 heavy (non-hydrogen) atoms. The Hall–Kier alpha value is -2.48. The predicted octanol–water partition coefficient (Wildman–Crippen LogP) is 2.19. The van der Waals surface area contributed by atoms with E-state index in [0.717, 1.165) is 48.4 Å². The summed E-state index contributed by atoms with van der Waals surface area (Å²) in [4.78, 5) is 13.3. The van der Waals surface area contributed by atoms with Crippen LogP contribution in [0.15, 0.2) is 34.8 Å². The summed E-state index contributed by atoms with van der Waals surface area (Å²) in [5.74, 6) is 2.04. The van der Waals surface area contributed by atoms with E-state index >= 15 is 0 Å². The average Bonchev–Trinajstić information content (AvgIpc) is 3.21. The number of nitrogens with zero attached hydrogens (tertiary/aromatic N) is 4. The molecule has 2 heterocycles. The van der Waals surface area contributed by atoms with Crippen molar-refractivity contribution in [2.45, 2.75) is 13.5 Å². The van der Waals surface area contributed by atoms with Crippen molar-refractivity contribution in [3.8, 4) is 11.5 Å². The average molecular weight is 375 g/mol. The van der Waals surface area contributed by atoms with Crippen LogP contribution >= 0.6 is 11.3 Å². The molecule has 8 heteroatoms. The number of anilines is 1. The Labute approximate surface area is 158 Å². The fourth-order valence-electron chi connectivity index (χ4n) is 2.86. The molecule has 3 rings (SSSR count). The predicted molar refractivity (Wildman–Crippen MR) is 105 cm³/mol. The first kappa shape index (κ1) is 18.3. The summed E-state index contributed by atoms with van der Waals surface area (Å²) in [7, 11) is 1.64. The summed E-state index contributed by atoms with van der Waals surface area (Å²) in [6.45, 7) is 6.57. The number of nitrogens with two attached hydrogens (primary N) is 1. The molecule has 0 saturated carbocycles. The standard InChI is InChI=1S/C18H25N5O2S/c1-3-25-16-12-14(4-5-15(16)24-2)13-21-17(19)22-7-9-23(10-8-22)18-20-6-11-26-18/h4-6,11-12H,3,7-10,13H2,1-2H3,(H2,19,21). The molecule has 1 aromatic carbocycles. The third-order valence-electron chi connectivity index (χ3n) is 4.24.